The van der Waals surface area contributed by atoms with Gasteiger partial charge in [0.15, 0.2) is 6.04 Å². The van der Waals surface area contributed by atoms with E-state index in [9.17, 15) is 34.5 Å². The molecule has 202 valence electrons. The van der Waals surface area contributed by atoms with Crippen LogP contribution in [0.15, 0.2) is 24.3 Å². The van der Waals surface area contributed by atoms with Gasteiger partial charge in [-0.25, -0.2) is 4.79 Å². The first-order valence-electron chi connectivity index (χ1n) is 11.8. The van der Waals surface area contributed by atoms with Crippen LogP contribution in [0.3, 0.4) is 0 Å². The van der Waals surface area contributed by atoms with Crippen molar-refractivity contribution in [1.82, 2.24) is 16.0 Å². The van der Waals surface area contributed by atoms with Gasteiger partial charge in [0.25, 0.3) is 0 Å². The zero-order valence-electron chi connectivity index (χ0n) is 21.1. The molecule has 0 saturated heterocycles. The second-order valence-corrected chi connectivity index (χ2v) is 9.74. The Hall–Kier alpha value is -2.83. The lowest BCUT2D eigenvalue weighted by atomic mass is 9.96. The van der Waals surface area contributed by atoms with Crippen molar-refractivity contribution in [2.75, 3.05) is 12.0 Å². The van der Waals surface area contributed by atoms with E-state index in [1.54, 1.807) is 30.8 Å². The van der Waals surface area contributed by atoms with Crippen molar-refractivity contribution < 1.29 is 34.5 Å². The normalized spacial score (nSPS) is 16.1. The number of phenols is 1. The molecule has 1 rings (SSSR count). The van der Waals surface area contributed by atoms with E-state index < -0.39 is 54.0 Å². The van der Waals surface area contributed by atoms with Crippen LogP contribution in [-0.4, -0.2) is 81.3 Å². The number of hydrogen-bond acceptors (Lipinski definition) is 8. The van der Waals surface area contributed by atoms with Gasteiger partial charge >= 0.3 is 5.97 Å². The van der Waals surface area contributed by atoms with Gasteiger partial charge in [-0.3, -0.25) is 14.4 Å². The SMILES string of the molecule is CCC(C)C(NC(=O)C(N)CCSC)C(=O)NC(Cc1ccc(O)cc1)C(=O)NC(C(=O)O)C(C)O. The van der Waals surface area contributed by atoms with Crippen LogP contribution in [0.25, 0.3) is 0 Å². The number of rotatable bonds is 15. The maximum atomic E-state index is 13.3. The van der Waals surface area contributed by atoms with Crippen LogP contribution in [0.2, 0.25) is 0 Å². The van der Waals surface area contributed by atoms with Gasteiger partial charge in [-0.2, -0.15) is 11.8 Å². The first kappa shape index (κ1) is 31.2. The molecule has 0 saturated carbocycles. The highest BCUT2D eigenvalue weighted by atomic mass is 32.2. The zero-order valence-corrected chi connectivity index (χ0v) is 21.9. The fourth-order valence-electron chi connectivity index (χ4n) is 3.32. The fraction of sp³-hybridized carbons (Fsp3) is 0.583. The molecule has 3 amide bonds. The summed E-state index contributed by atoms with van der Waals surface area (Å²) in [6.07, 6.45) is 1.47. The lowest BCUT2D eigenvalue weighted by molar-refractivity contribution is -0.145. The van der Waals surface area contributed by atoms with Crippen LogP contribution in [0.5, 0.6) is 5.75 Å². The van der Waals surface area contributed by atoms with Gasteiger partial charge in [0.05, 0.1) is 12.1 Å². The largest absolute Gasteiger partial charge is 0.508 e. The van der Waals surface area contributed by atoms with E-state index in [4.69, 9.17) is 5.73 Å². The van der Waals surface area contributed by atoms with E-state index in [0.717, 1.165) is 0 Å². The topological polar surface area (TPSA) is 191 Å². The molecule has 0 bridgehead atoms. The molecule has 0 aliphatic heterocycles. The lowest BCUT2D eigenvalue weighted by Crippen LogP contribution is -2.60. The number of aromatic hydroxyl groups is 1. The highest BCUT2D eigenvalue weighted by molar-refractivity contribution is 7.98. The van der Waals surface area contributed by atoms with Crippen LogP contribution in [0.1, 0.15) is 39.2 Å². The summed E-state index contributed by atoms with van der Waals surface area (Å²) in [5, 5.41) is 36.2. The summed E-state index contributed by atoms with van der Waals surface area (Å²) in [4.78, 5) is 50.4. The molecule has 0 aromatic heterocycles. The number of aliphatic hydroxyl groups is 1. The molecule has 8 N–H and O–H groups in total. The molecule has 1 aromatic rings. The molecule has 36 heavy (non-hydrogen) atoms. The molecule has 1 aromatic carbocycles. The minimum atomic E-state index is -1.59. The number of benzene rings is 1. The van der Waals surface area contributed by atoms with Crippen LogP contribution in [-0.2, 0) is 25.6 Å². The zero-order chi connectivity index (χ0) is 27.4. The van der Waals surface area contributed by atoms with Gasteiger partial charge in [-0.05, 0) is 49.0 Å². The number of nitrogens with one attached hydrogen (secondary N) is 3. The van der Waals surface area contributed by atoms with Gasteiger partial charge in [-0.15, -0.1) is 0 Å². The Kier molecular flexibility index (Phi) is 13.3. The van der Waals surface area contributed by atoms with Crippen molar-refractivity contribution in [3.63, 3.8) is 0 Å². The fourth-order valence-corrected chi connectivity index (χ4v) is 3.81. The van der Waals surface area contributed by atoms with Gasteiger partial charge in [0.1, 0.15) is 17.8 Å². The number of nitrogens with two attached hydrogens (primary N) is 1. The molecule has 0 spiro atoms. The summed E-state index contributed by atoms with van der Waals surface area (Å²) in [6, 6.07) is 1.36. The Morgan fingerprint density at radius 1 is 0.972 bits per heavy atom. The minimum absolute atomic E-state index is 0.0150. The van der Waals surface area contributed by atoms with E-state index >= 15 is 0 Å². The molecule has 12 heteroatoms. The van der Waals surface area contributed by atoms with Gasteiger partial charge in [0, 0.05) is 6.42 Å². The van der Waals surface area contributed by atoms with Crippen molar-refractivity contribution in [1.29, 1.82) is 0 Å². The Morgan fingerprint density at radius 2 is 1.56 bits per heavy atom. The second kappa shape index (κ2) is 15.3. The number of aliphatic hydroxyl groups excluding tert-OH is 1. The van der Waals surface area contributed by atoms with Gasteiger partial charge in [-0.1, -0.05) is 32.4 Å². The van der Waals surface area contributed by atoms with Crippen LogP contribution < -0.4 is 21.7 Å². The molecule has 6 unspecified atom stereocenters. The summed E-state index contributed by atoms with van der Waals surface area (Å²) in [5.41, 5.74) is 6.53. The van der Waals surface area contributed by atoms with E-state index in [2.05, 4.69) is 16.0 Å². The number of carbonyl (C=O) groups excluding carboxylic acids is 3. The summed E-state index contributed by atoms with van der Waals surface area (Å²) in [5.74, 6) is -2.96. The summed E-state index contributed by atoms with van der Waals surface area (Å²) in [6.45, 7) is 4.85. The molecule has 0 radical (unpaired) electrons. The van der Waals surface area contributed by atoms with Gasteiger partial charge in [0.2, 0.25) is 17.7 Å². The Bertz CT molecular complexity index is 882. The minimum Gasteiger partial charge on any atom is -0.508 e. The molecule has 0 fully saturated rings. The highest BCUT2D eigenvalue weighted by Gasteiger charge is 2.33. The van der Waals surface area contributed by atoms with Crippen molar-refractivity contribution in [3.05, 3.63) is 29.8 Å². The quantitative estimate of drug-likeness (QED) is 0.165. The van der Waals surface area contributed by atoms with Crippen molar-refractivity contribution in [2.45, 2.75) is 70.3 Å². The number of carboxylic acids is 1. The molecule has 11 nitrogen and oxygen atoms in total. The van der Waals surface area contributed by atoms with Crippen LogP contribution in [0, 0.1) is 5.92 Å². The average molecular weight is 527 g/mol. The average Bonchev–Trinajstić information content (AvgIpc) is 2.83. The van der Waals surface area contributed by atoms with Crippen molar-refractivity contribution in [2.24, 2.45) is 11.7 Å². The lowest BCUT2D eigenvalue weighted by Gasteiger charge is -2.28. The number of aliphatic carboxylic acids is 1. The van der Waals surface area contributed by atoms with Crippen LogP contribution in [0.4, 0.5) is 0 Å². The maximum Gasteiger partial charge on any atom is 0.328 e. The molecular formula is C24H38N4O7S. The third-order valence-corrected chi connectivity index (χ3v) is 6.46. The number of carbonyl (C=O) groups is 4. The van der Waals surface area contributed by atoms with Crippen LogP contribution >= 0.6 is 11.8 Å². The summed E-state index contributed by atoms with van der Waals surface area (Å²) >= 11 is 1.55. The first-order valence-corrected chi connectivity index (χ1v) is 13.1. The molecular weight excluding hydrogens is 488 g/mol. The third-order valence-electron chi connectivity index (χ3n) is 5.82. The number of carboxylic acid groups (broad SMARTS) is 1. The number of hydrogen-bond donors (Lipinski definition) is 7. The third kappa shape index (κ3) is 10.0. The van der Waals surface area contributed by atoms with E-state index in [1.165, 1.54) is 19.1 Å². The molecule has 0 aliphatic rings. The van der Waals surface area contributed by atoms with Crippen molar-refractivity contribution >= 4 is 35.5 Å². The number of phenolic OH excluding ortho intramolecular Hbond substituents is 1. The Balaban J connectivity index is 3.15. The molecule has 0 aliphatic carbocycles. The number of amides is 3. The number of thioether (sulfide) groups is 1. The Morgan fingerprint density at radius 3 is 2.06 bits per heavy atom. The molecule has 0 heterocycles. The molecule has 6 atom stereocenters. The summed E-state index contributed by atoms with van der Waals surface area (Å²) in [7, 11) is 0. The maximum absolute atomic E-state index is 13.3. The first-order chi connectivity index (χ1) is 16.9. The monoisotopic (exact) mass is 526 g/mol. The Labute approximate surface area is 215 Å². The smallest absolute Gasteiger partial charge is 0.328 e. The summed E-state index contributed by atoms with van der Waals surface area (Å²) < 4.78 is 0. The van der Waals surface area contributed by atoms with Crippen molar-refractivity contribution in [3.8, 4) is 5.75 Å². The highest BCUT2D eigenvalue weighted by Crippen LogP contribution is 2.14. The predicted molar refractivity (Wildman–Crippen MR) is 137 cm³/mol. The standard InChI is InChI=1S/C24H38N4O7S/c1-5-13(2)19(27-21(31)17(25)10-11-36-4)23(33)26-18(12-15-6-8-16(30)9-7-15)22(32)28-20(14(3)29)24(34)35/h6-9,13-14,17-20,29-30H,5,10-12,25H2,1-4H3,(H,26,33)(H,27,31)(H,28,32)(H,34,35). The van der Waals surface area contributed by atoms with E-state index in [1.807, 2.05) is 13.2 Å². The predicted octanol–water partition coefficient (Wildman–Crippen LogP) is -0.0190. The van der Waals surface area contributed by atoms with E-state index in [-0.39, 0.29) is 18.1 Å². The second-order valence-electron chi connectivity index (χ2n) is 8.76. The van der Waals surface area contributed by atoms with Gasteiger partial charge < -0.3 is 37.0 Å². The van der Waals surface area contributed by atoms with E-state index in [0.29, 0.717) is 24.2 Å².